The van der Waals surface area contributed by atoms with Crippen molar-refractivity contribution >= 4 is 12.0 Å². The van der Waals surface area contributed by atoms with E-state index in [-0.39, 0.29) is 11.9 Å². The fourth-order valence-electron chi connectivity index (χ4n) is 3.37. The maximum Gasteiger partial charge on any atom is 0.247 e. The smallest absolute Gasteiger partial charge is 0.247 e. The first-order valence-corrected chi connectivity index (χ1v) is 9.07. The Bertz CT molecular complexity index is 767. The molecule has 1 aliphatic heterocycles. The number of para-hydroxylation sites is 1. The first-order chi connectivity index (χ1) is 12.7. The summed E-state index contributed by atoms with van der Waals surface area (Å²) in [6.07, 6.45) is 5.50. The van der Waals surface area contributed by atoms with Crippen molar-refractivity contribution in [3.8, 4) is 11.5 Å². The Morgan fingerprint density at radius 2 is 1.96 bits per heavy atom. The molecule has 1 atom stereocenters. The number of amides is 1. The van der Waals surface area contributed by atoms with Gasteiger partial charge in [0.2, 0.25) is 5.91 Å². The summed E-state index contributed by atoms with van der Waals surface area (Å²) in [5, 5.41) is 0. The maximum absolute atomic E-state index is 12.8. The predicted molar refractivity (Wildman–Crippen MR) is 103 cm³/mol. The average Bonchev–Trinajstić information content (AvgIpc) is 3.17. The number of hydrogen-bond donors (Lipinski definition) is 0. The lowest BCUT2D eigenvalue weighted by molar-refractivity contribution is -0.126. The van der Waals surface area contributed by atoms with Crippen molar-refractivity contribution in [2.45, 2.75) is 25.8 Å². The minimum atomic E-state index is 0.0367. The third-order valence-corrected chi connectivity index (χ3v) is 4.66. The number of hydrogen-bond acceptors (Lipinski definition) is 3. The number of rotatable bonds is 6. The van der Waals surface area contributed by atoms with Crippen LogP contribution in [0.15, 0.2) is 54.6 Å². The summed E-state index contributed by atoms with van der Waals surface area (Å²) >= 11 is 0. The van der Waals surface area contributed by atoms with E-state index in [1.165, 1.54) is 0 Å². The summed E-state index contributed by atoms with van der Waals surface area (Å²) in [6, 6.07) is 15.9. The molecule has 3 rings (SSSR count). The highest BCUT2D eigenvalue weighted by Crippen LogP contribution is 2.33. The molecule has 1 fully saturated rings. The molecular weight excluding hydrogens is 326 g/mol. The van der Waals surface area contributed by atoms with Crippen LogP contribution in [0.2, 0.25) is 0 Å². The van der Waals surface area contributed by atoms with Crippen LogP contribution >= 0.6 is 0 Å². The number of ether oxygens (including phenoxy) is 2. The topological polar surface area (TPSA) is 38.8 Å². The van der Waals surface area contributed by atoms with Crippen LogP contribution in [-0.2, 0) is 4.79 Å². The van der Waals surface area contributed by atoms with Gasteiger partial charge in [-0.1, -0.05) is 30.3 Å². The number of carbonyl (C=O) groups excluding carboxylic acids is 1. The van der Waals surface area contributed by atoms with Crippen molar-refractivity contribution in [1.29, 1.82) is 0 Å². The highest BCUT2D eigenvalue weighted by Gasteiger charge is 2.28. The van der Waals surface area contributed by atoms with Gasteiger partial charge in [-0.2, -0.15) is 0 Å². The highest BCUT2D eigenvalue weighted by molar-refractivity contribution is 5.92. The predicted octanol–water partition coefficient (Wildman–Crippen LogP) is 4.47. The van der Waals surface area contributed by atoms with E-state index in [1.54, 1.807) is 13.2 Å². The molecule has 1 aliphatic rings. The van der Waals surface area contributed by atoms with Crippen LogP contribution in [0.25, 0.3) is 6.08 Å². The SMILES string of the molecule is CCOc1ccccc1/C=C/C(=O)N1CCCC1c1ccc(OC)cc1. The van der Waals surface area contributed by atoms with E-state index in [0.717, 1.165) is 42.0 Å². The molecule has 26 heavy (non-hydrogen) atoms. The van der Waals surface area contributed by atoms with E-state index < -0.39 is 0 Å². The van der Waals surface area contributed by atoms with Gasteiger partial charge in [-0.15, -0.1) is 0 Å². The molecule has 136 valence electrons. The third kappa shape index (κ3) is 4.07. The number of benzene rings is 2. The number of carbonyl (C=O) groups is 1. The first-order valence-electron chi connectivity index (χ1n) is 9.07. The normalized spacial score (nSPS) is 16.8. The van der Waals surface area contributed by atoms with E-state index in [2.05, 4.69) is 0 Å². The second kappa shape index (κ2) is 8.56. The van der Waals surface area contributed by atoms with Crippen molar-refractivity contribution in [3.05, 3.63) is 65.7 Å². The van der Waals surface area contributed by atoms with Crippen LogP contribution in [0.4, 0.5) is 0 Å². The number of likely N-dealkylation sites (tertiary alicyclic amines) is 1. The largest absolute Gasteiger partial charge is 0.497 e. The molecule has 1 saturated heterocycles. The molecule has 2 aromatic carbocycles. The summed E-state index contributed by atoms with van der Waals surface area (Å²) in [5.74, 6) is 1.67. The summed E-state index contributed by atoms with van der Waals surface area (Å²) in [5.41, 5.74) is 2.07. The lowest BCUT2D eigenvalue weighted by Crippen LogP contribution is -2.28. The fraction of sp³-hybridized carbons (Fsp3) is 0.318. The Balaban J connectivity index is 1.74. The van der Waals surface area contributed by atoms with Gasteiger partial charge in [0.1, 0.15) is 11.5 Å². The van der Waals surface area contributed by atoms with Crippen LogP contribution in [0.5, 0.6) is 11.5 Å². The van der Waals surface area contributed by atoms with Crippen LogP contribution in [0.3, 0.4) is 0 Å². The molecule has 2 aromatic rings. The van der Waals surface area contributed by atoms with Crippen molar-refractivity contribution in [1.82, 2.24) is 4.90 Å². The molecule has 1 amide bonds. The molecule has 0 N–H and O–H groups in total. The lowest BCUT2D eigenvalue weighted by atomic mass is 10.0. The molecule has 0 saturated carbocycles. The van der Waals surface area contributed by atoms with Gasteiger partial charge in [-0.25, -0.2) is 0 Å². The standard InChI is InChI=1S/C22H25NO3/c1-3-26-21-9-5-4-7-18(21)12-15-22(24)23-16-6-8-20(23)17-10-13-19(25-2)14-11-17/h4-5,7,9-15,20H,3,6,8,16H2,1-2H3/b15-12+. The first kappa shape index (κ1) is 18.1. The second-order valence-corrected chi connectivity index (χ2v) is 6.27. The molecule has 4 heteroatoms. The molecule has 1 unspecified atom stereocenters. The van der Waals surface area contributed by atoms with Crippen molar-refractivity contribution in [2.24, 2.45) is 0 Å². The number of methoxy groups -OCH3 is 1. The Kier molecular flexibility index (Phi) is 5.95. The summed E-state index contributed by atoms with van der Waals surface area (Å²) in [6.45, 7) is 3.34. The van der Waals surface area contributed by atoms with Gasteiger partial charge < -0.3 is 14.4 Å². The quantitative estimate of drug-likeness (QED) is 0.721. The average molecular weight is 351 g/mol. The number of nitrogens with zero attached hydrogens (tertiary/aromatic N) is 1. The zero-order chi connectivity index (χ0) is 18.4. The molecule has 1 heterocycles. The summed E-state index contributed by atoms with van der Waals surface area (Å²) in [4.78, 5) is 14.7. The third-order valence-electron chi connectivity index (χ3n) is 4.66. The van der Waals surface area contributed by atoms with Gasteiger partial charge in [-0.05, 0) is 49.6 Å². The lowest BCUT2D eigenvalue weighted by Gasteiger charge is -2.24. The molecule has 4 nitrogen and oxygen atoms in total. The molecule has 0 aromatic heterocycles. The van der Waals surface area contributed by atoms with E-state index in [0.29, 0.717) is 6.61 Å². The van der Waals surface area contributed by atoms with Crippen molar-refractivity contribution < 1.29 is 14.3 Å². The Morgan fingerprint density at radius 3 is 2.69 bits per heavy atom. The zero-order valence-electron chi connectivity index (χ0n) is 15.4. The van der Waals surface area contributed by atoms with E-state index >= 15 is 0 Å². The Labute approximate surface area is 155 Å². The van der Waals surface area contributed by atoms with E-state index in [4.69, 9.17) is 9.47 Å². The molecular formula is C22H25NO3. The van der Waals surface area contributed by atoms with Gasteiger partial charge >= 0.3 is 0 Å². The van der Waals surface area contributed by atoms with E-state index in [1.807, 2.05) is 66.4 Å². The van der Waals surface area contributed by atoms with Gasteiger partial charge in [0.25, 0.3) is 0 Å². The van der Waals surface area contributed by atoms with Crippen molar-refractivity contribution in [3.63, 3.8) is 0 Å². The van der Waals surface area contributed by atoms with Crippen molar-refractivity contribution in [2.75, 3.05) is 20.3 Å². The monoisotopic (exact) mass is 351 g/mol. The van der Waals surface area contributed by atoms with Crippen LogP contribution < -0.4 is 9.47 Å². The van der Waals surface area contributed by atoms with E-state index in [9.17, 15) is 4.79 Å². The summed E-state index contributed by atoms with van der Waals surface area (Å²) in [7, 11) is 1.66. The fourth-order valence-corrected chi connectivity index (χ4v) is 3.37. The molecule has 0 spiro atoms. The maximum atomic E-state index is 12.8. The van der Waals surface area contributed by atoms with Crippen LogP contribution in [0, 0.1) is 0 Å². The molecule has 0 aliphatic carbocycles. The Morgan fingerprint density at radius 1 is 1.19 bits per heavy atom. The minimum Gasteiger partial charge on any atom is -0.497 e. The molecule has 0 bridgehead atoms. The van der Waals surface area contributed by atoms with Gasteiger partial charge in [0.15, 0.2) is 0 Å². The van der Waals surface area contributed by atoms with Crippen LogP contribution in [0.1, 0.15) is 36.9 Å². The molecule has 0 radical (unpaired) electrons. The second-order valence-electron chi connectivity index (χ2n) is 6.27. The summed E-state index contributed by atoms with van der Waals surface area (Å²) < 4.78 is 10.8. The zero-order valence-corrected chi connectivity index (χ0v) is 15.4. The van der Waals surface area contributed by atoms with Crippen LogP contribution in [-0.4, -0.2) is 31.1 Å². The highest BCUT2D eigenvalue weighted by atomic mass is 16.5. The van der Waals surface area contributed by atoms with Gasteiger partial charge in [-0.3, -0.25) is 4.79 Å². The van der Waals surface area contributed by atoms with Gasteiger partial charge in [0, 0.05) is 18.2 Å². The minimum absolute atomic E-state index is 0.0367. The van der Waals surface area contributed by atoms with Gasteiger partial charge in [0.05, 0.1) is 19.8 Å². The Hall–Kier alpha value is -2.75.